The van der Waals surface area contributed by atoms with Crippen molar-refractivity contribution in [2.45, 2.75) is 84.6 Å². The zero-order valence-corrected chi connectivity index (χ0v) is 19.1. The zero-order chi connectivity index (χ0) is 21.5. The van der Waals surface area contributed by atoms with Crippen LogP contribution < -0.4 is 0 Å². The van der Waals surface area contributed by atoms with Gasteiger partial charge in [-0.2, -0.15) is 4.99 Å². The Hall–Kier alpha value is -1.69. The molecule has 0 aliphatic rings. The molecule has 0 spiro atoms. The van der Waals surface area contributed by atoms with Crippen molar-refractivity contribution in [3.8, 4) is 0 Å². The number of carbonyl (C=O) groups excluding carboxylic acids is 1. The van der Waals surface area contributed by atoms with Gasteiger partial charge < -0.3 is 4.74 Å². The number of rotatable bonds is 7. The Bertz CT molecular complexity index is 772. The summed E-state index contributed by atoms with van der Waals surface area (Å²) >= 11 is 0. The van der Waals surface area contributed by atoms with Crippen LogP contribution in [0.15, 0.2) is 34.2 Å². The number of aryl methyl sites for hydroxylation is 1. The van der Waals surface area contributed by atoms with E-state index in [1.54, 1.807) is 45.0 Å². The molecule has 0 saturated heterocycles. The molecule has 1 amide bonds. The van der Waals surface area contributed by atoms with Crippen molar-refractivity contribution in [2.75, 3.05) is 0 Å². The topological polar surface area (TPSA) is 72.8 Å². The van der Waals surface area contributed by atoms with Gasteiger partial charge in [0.25, 0.3) is 0 Å². The molecule has 0 bridgehead atoms. The standard InChI is InChI=1S/C22H35NO4S/c1-16(2)9-8-10-18(4)15-20(23-21(24)27-22(5,6)7)28(25,26)19-13-11-17(3)12-14-19/h11-14,16,18H,8-10,15H2,1-7H3. The Morgan fingerprint density at radius 3 is 2.14 bits per heavy atom. The fourth-order valence-corrected chi connectivity index (χ4v) is 4.20. The van der Waals surface area contributed by atoms with E-state index in [0.717, 1.165) is 24.8 Å². The Kier molecular flexibility index (Phi) is 8.86. The van der Waals surface area contributed by atoms with Crippen molar-refractivity contribution in [1.82, 2.24) is 0 Å². The summed E-state index contributed by atoms with van der Waals surface area (Å²) in [4.78, 5) is 16.2. The number of amides is 1. The molecule has 0 radical (unpaired) electrons. The number of ether oxygens (including phenoxy) is 1. The average Bonchev–Trinajstić information content (AvgIpc) is 2.52. The highest BCUT2D eigenvalue weighted by molar-refractivity contribution is 8.06. The van der Waals surface area contributed by atoms with E-state index in [-0.39, 0.29) is 22.3 Å². The summed E-state index contributed by atoms with van der Waals surface area (Å²) in [5, 5.41) is -0.123. The smallest absolute Gasteiger partial charge is 0.435 e. The quantitative estimate of drug-likeness (QED) is 0.412. The normalized spacial score (nSPS) is 14.2. The minimum absolute atomic E-state index is 0.0974. The minimum Gasteiger partial charge on any atom is -0.442 e. The van der Waals surface area contributed by atoms with Crippen molar-refractivity contribution in [3.63, 3.8) is 0 Å². The van der Waals surface area contributed by atoms with E-state index in [4.69, 9.17) is 4.74 Å². The maximum Gasteiger partial charge on any atom is 0.435 e. The van der Waals surface area contributed by atoms with Crippen molar-refractivity contribution in [2.24, 2.45) is 16.8 Å². The van der Waals surface area contributed by atoms with E-state index >= 15 is 0 Å². The summed E-state index contributed by atoms with van der Waals surface area (Å²) in [6, 6.07) is 6.59. The summed E-state index contributed by atoms with van der Waals surface area (Å²) in [6.45, 7) is 13.4. The van der Waals surface area contributed by atoms with E-state index in [1.165, 1.54) is 0 Å². The van der Waals surface area contributed by atoms with Gasteiger partial charge in [-0.15, -0.1) is 0 Å². The Balaban J connectivity index is 3.13. The van der Waals surface area contributed by atoms with Gasteiger partial charge in [0.05, 0.1) is 4.90 Å². The summed E-state index contributed by atoms with van der Waals surface area (Å²) < 4.78 is 31.5. The van der Waals surface area contributed by atoms with Crippen LogP contribution in [0.5, 0.6) is 0 Å². The van der Waals surface area contributed by atoms with Crippen LogP contribution in [0.25, 0.3) is 0 Å². The van der Waals surface area contributed by atoms with Crippen molar-refractivity contribution < 1.29 is 17.9 Å². The number of carbonyl (C=O) groups is 1. The van der Waals surface area contributed by atoms with Gasteiger partial charge in [-0.1, -0.05) is 57.7 Å². The molecule has 0 aliphatic heterocycles. The lowest BCUT2D eigenvalue weighted by molar-refractivity contribution is 0.0604. The molecular weight excluding hydrogens is 374 g/mol. The molecule has 1 aromatic rings. The third-order valence-corrected chi connectivity index (χ3v) is 6.02. The molecule has 158 valence electrons. The third kappa shape index (κ3) is 8.55. The van der Waals surface area contributed by atoms with Crippen molar-refractivity contribution in [1.29, 1.82) is 0 Å². The Morgan fingerprint density at radius 1 is 1.07 bits per heavy atom. The van der Waals surface area contributed by atoms with Gasteiger partial charge in [0.15, 0.2) is 0 Å². The number of aliphatic imine (C=N–C) groups is 1. The largest absolute Gasteiger partial charge is 0.442 e. The second-order valence-corrected chi connectivity index (χ2v) is 10.9. The summed E-state index contributed by atoms with van der Waals surface area (Å²) in [7, 11) is -3.86. The van der Waals surface area contributed by atoms with Crippen molar-refractivity contribution >= 4 is 21.0 Å². The van der Waals surface area contributed by atoms with Crippen LogP contribution in [0.3, 0.4) is 0 Å². The first kappa shape index (κ1) is 24.3. The summed E-state index contributed by atoms with van der Waals surface area (Å²) in [5.74, 6) is 0.707. The number of benzene rings is 1. The van der Waals surface area contributed by atoms with Gasteiger partial charge in [-0.3, -0.25) is 0 Å². The molecule has 0 aromatic heterocycles. The summed E-state index contributed by atoms with van der Waals surface area (Å²) in [5.41, 5.74) is 0.231. The maximum atomic E-state index is 13.1. The van der Waals surface area contributed by atoms with Crippen molar-refractivity contribution in [3.05, 3.63) is 29.8 Å². The zero-order valence-electron chi connectivity index (χ0n) is 18.3. The minimum atomic E-state index is -3.86. The van der Waals surface area contributed by atoms with E-state index in [2.05, 4.69) is 18.8 Å². The lowest BCUT2D eigenvalue weighted by Gasteiger charge is -2.19. The van der Waals surface area contributed by atoms with Crippen LogP contribution in [-0.4, -0.2) is 25.2 Å². The molecule has 0 saturated carbocycles. The molecule has 6 heteroatoms. The van der Waals surface area contributed by atoms with Crippen LogP contribution in [0.1, 0.15) is 72.8 Å². The van der Waals surface area contributed by atoms with Gasteiger partial charge in [0.2, 0.25) is 9.84 Å². The Labute approximate surface area is 170 Å². The van der Waals surface area contributed by atoms with Crippen LogP contribution >= 0.6 is 0 Å². The predicted molar refractivity (Wildman–Crippen MR) is 115 cm³/mol. The number of sulfone groups is 1. The lowest BCUT2D eigenvalue weighted by atomic mass is 9.98. The van der Waals surface area contributed by atoms with Crippen LogP contribution in [0.2, 0.25) is 0 Å². The molecule has 28 heavy (non-hydrogen) atoms. The summed E-state index contributed by atoms with van der Waals surface area (Å²) in [6.07, 6.45) is 2.34. The van der Waals surface area contributed by atoms with E-state index in [9.17, 15) is 13.2 Å². The lowest BCUT2D eigenvalue weighted by Crippen LogP contribution is -2.25. The molecule has 1 aromatic carbocycles. The first-order valence-electron chi connectivity index (χ1n) is 9.93. The van der Waals surface area contributed by atoms with E-state index in [1.807, 2.05) is 13.8 Å². The molecule has 0 fully saturated rings. The second-order valence-electron chi connectivity index (χ2n) is 8.94. The number of nitrogens with zero attached hydrogens (tertiary/aromatic N) is 1. The first-order chi connectivity index (χ1) is 12.8. The Morgan fingerprint density at radius 2 is 1.64 bits per heavy atom. The predicted octanol–water partition coefficient (Wildman–Crippen LogP) is 5.95. The highest BCUT2D eigenvalue weighted by atomic mass is 32.2. The van der Waals surface area contributed by atoms with Gasteiger partial charge in [0, 0.05) is 6.42 Å². The molecule has 1 rings (SSSR count). The van der Waals surface area contributed by atoms with E-state index < -0.39 is 21.5 Å². The van der Waals surface area contributed by atoms with E-state index in [0.29, 0.717) is 5.92 Å². The fraction of sp³-hybridized carbons (Fsp3) is 0.636. The molecule has 5 nitrogen and oxygen atoms in total. The van der Waals surface area contributed by atoms with Gasteiger partial charge in [0.1, 0.15) is 10.6 Å². The SMILES string of the molecule is Cc1ccc(S(=O)(=O)C(CC(C)CCCC(C)C)=NC(=O)OC(C)(C)C)cc1. The third-order valence-electron chi connectivity index (χ3n) is 4.25. The second kappa shape index (κ2) is 10.2. The van der Waals surface area contributed by atoms with Gasteiger partial charge >= 0.3 is 6.09 Å². The molecular formula is C22H35NO4S. The number of hydrogen-bond donors (Lipinski definition) is 0. The maximum absolute atomic E-state index is 13.1. The molecule has 1 unspecified atom stereocenters. The highest BCUT2D eigenvalue weighted by Crippen LogP contribution is 2.22. The molecule has 0 N–H and O–H groups in total. The van der Waals surface area contributed by atoms with Gasteiger partial charge in [-0.05, 0) is 51.7 Å². The monoisotopic (exact) mass is 409 g/mol. The first-order valence-corrected chi connectivity index (χ1v) is 11.4. The van der Waals surface area contributed by atoms with Crippen LogP contribution in [-0.2, 0) is 14.6 Å². The van der Waals surface area contributed by atoms with Crippen LogP contribution in [0, 0.1) is 18.8 Å². The average molecular weight is 410 g/mol. The molecule has 0 heterocycles. The highest BCUT2D eigenvalue weighted by Gasteiger charge is 2.27. The van der Waals surface area contributed by atoms with Gasteiger partial charge in [-0.25, -0.2) is 13.2 Å². The number of hydrogen-bond acceptors (Lipinski definition) is 4. The fourth-order valence-electron chi connectivity index (χ4n) is 2.73. The molecule has 1 atom stereocenters. The van der Waals surface area contributed by atoms with Crippen LogP contribution in [0.4, 0.5) is 4.79 Å². The molecule has 0 aliphatic carbocycles.